The third kappa shape index (κ3) is 8.09. The fourth-order valence-electron chi connectivity index (χ4n) is 1.25. The number of aliphatic hydroxyl groups excluding tert-OH is 1. The lowest BCUT2D eigenvalue weighted by molar-refractivity contribution is -0.0145. The van der Waals surface area contributed by atoms with Crippen LogP contribution in [0.25, 0.3) is 0 Å². The molecule has 0 amide bonds. The number of unbranched alkanes of at least 4 members (excludes halogenated alkanes) is 1. The van der Waals surface area contributed by atoms with E-state index in [9.17, 15) is 0 Å². The third-order valence-electron chi connectivity index (χ3n) is 2.23. The highest BCUT2D eigenvalue weighted by Crippen LogP contribution is 2.09. The van der Waals surface area contributed by atoms with E-state index in [1.54, 1.807) is 0 Å². The van der Waals surface area contributed by atoms with E-state index < -0.39 is 0 Å². The molecule has 0 aliphatic carbocycles. The summed E-state index contributed by atoms with van der Waals surface area (Å²) in [6.07, 6.45) is 1.88. The van der Waals surface area contributed by atoms with Crippen LogP contribution in [-0.4, -0.2) is 31.0 Å². The monoisotopic (exact) mass is 254 g/mol. The maximum absolute atomic E-state index is 9.10. The Morgan fingerprint density at radius 1 is 1.17 bits per heavy atom. The molecular weight excluding hydrogens is 228 g/mol. The summed E-state index contributed by atoms with van der Waals surface area (Å²) < 4.78 is 11.0. The molecule has 1 atom stereocenters. The van der Waals surface area contributed by atoms with Crippen molar-refractivity contribution >= 4 is 0 Å². The first-order valence-corrected chi connectivity index (χ1v) is 6.77. The summed E-state index contributed by atoms with van der Waals surface area (Å²) >= 11 is 0. The van der Waals surface area contributed by atoms with Crippen molar-refractivity contribution in [2.24, 2.45) is 0 Å². The van der Waals surface area contributed by atoms with Crippen LogP contribution >= 0.6 is 0 Å². The van der Waals surface area contributed by atoms with Crippen LogP contribution in [0.3, 0.4) is 0 Å². The van der Waals surface area contributed by atoms with E-state index in [0.29, 0.717) is 13.2 Å². The number of aliphatic hydroxyl groups is 1. The fraction of sp³-hybridized carbons (Fsp3) is 0.600. The van der Waals surface area contributed by atoms with Gasteiger partial charge in [0.15, 0.2) is 0 Å². The zero-order valence-electron chi connectivity index (χ0n) is 11.8. The minimum absolute atomic E-state index is 0.00342. The number of benzene rings is 1. The summed E-state index contributed by atoms with van der Waals surface area (Å²) in [7, 11) is 0. The van der Waals surface area contributed by atoms with Gasteiger partial charge in [0.2, 0.25) is 0 Å². The zero-order valence-corrected chi connectivity index (χ0v) is 11.8. The first-order valence-electron chi connectivity index (χ1n) is 6.77. The summed E-state index contributed by atoms with van der Waals surface area (Å²) in [4.78, 5) is 0. The van der Waals surface area contributed by atoms with E-state index in [2.05, 4.69) is 6.92 Å². The minimum Gasteiger partial charge on any atom is -0.491 e. The smallest absolute Gasteiger partial charge is 0.119 e. The average Bonchev–Trinajstić information content (AvgIpc) is 2.46. The van der Waals surface area contributed by atoms with Gasteiger partial charge in [0, 0.05) is 6.61 Å². The molecule has 104 valence electrons. The Balaban J connectivity index is 0.00000137. The maximum Gasteiger partial charge on any atom is 0.119 e. The number of rotatable bonds is 8. The quantitative estimate of drug-likeness (QED) is 0.724. The molecule has 0 heterocycles. The van der Waals surface area contributed by atoms with Gasteiger partial charge < -0.3 is 14.6 Å². The van der Waals surface area contributed by atoms with E-state index in [1.807, 2.05) is 44.2 Å². The van der Waals surface area contributed by atoms with Gasteiger partial charge in [-0.3, -0.25) is 0 Å². The van der Waals surface area contributed by atoms with Crippen molar-refractivity contribution in [3.8, 4) is 5.75 Å². The number of ether oxygens (including phenoxy) is 2. The number of hydrogen-bond donors (Lipinski definition) is 1. The third-order valence-corrected chi connectivity index (χ3v) is 2.23. The molecule has 18 heavy (non-hydrogen) atoms. The molecule has 1 aromatic carbocycles. The number of para-hydroxylation sites is 1. The highest BCUT2D eigenvalue weighted by Gasteiger charge is 2.08. The lowest BCUT2D eigenvalue weighted by Gasteiger charge is -2.16. The average molecular weight is 254 g/mol. The van der Waals surface area contributed by atoms with E-state index in [4.69, 9.17) is 14.6 Å². The van der Waals surface area contributed by atoms with Crippen LogP contribution in [0, 0.1) is 0 Å². The lowest BCUT2D eigenvalue weighted by Crippen LogP contribution is -2.26. The van der Waals surface area contributed by atoms with Crippen molar-refractivity contribution in [3.05, 3.63) is 30.3 Å². The Kier molecular flexibility index (Phi) is 11.7. The molecule has 0 aliphatic rings. The Morgan fingerprint density at radius 2 is 1.83 bits per heavy atom. The molecule has 0 saturated carbocycles. The molecule has 0 saturated heterocycles. The van der Waals surface area contributed by atoms with Crippen LogP contribution in [0.15, 0.2) is 30.3 Å². The van der Waals surface area contributed by atoms with Crippen molar-refractivity contribution in [3.63, 3.8) is 0 Å². The van der Waals surface area contributed by atoms with Gasteiger partial charge in [-0.25, -0.2) is 0 Å². The van der Waals surface area contributed by atoms with Crippen molar-refractivity contribution < 1.29 is 14.6 Å². The summed E-state index contributed by atoms with van der Waals surface area (Å²) in [5.74, 6) is 0.806. The van der Waals surface area contributed by atoms with Gasteiger partial charge in [0.25, 0.3) is 0 Å². The zero-order chi connectivity index (χ0) is 13.6. The standard InChI is InChI=1S/C13H20O3.C2H6/c1-2-3-9-15-13(10-14)11-16-12-7-5-4-6-8-12;1-2/h4-8,13-14H,2-3,9-11H2,1H3;1-2H3. The normalized spacial score (nSPS) is 11.3. The van der Waals surface area contributed by atoms with Crippen molar-refractivity contribution in [1.82, 2.24) is 0 Å². The van der Waals surface area contributed by atoms with Crippen LogP contribution in [0.4, 0.5) is 0 Å². The van der Waals surface area contributed by atoms with Crippen molar-refractivity contribution in [1.29, 1.82) is 0 Å². The molecule has 0 spiro atoms. The second-order valence-electron chi connectivity index (χ2n) is 3.65. The van der Waals surface area contributed by atoms with Crippen molar-refractivity contribution in [2.75, 3.05) is 19.8 Å². The number of hydrogen-bond acceptors (Lipinski definition) is 3. The Labute approximate surface area is 111 Å². The molecule has 0 radical (unpaired) electrons. The van der Waals surface area contributed by atoms with Crippen LogP contribution in [0.1, 0.15) is 33.6 Å². The van der Waals surface area contributed by atoms with Crippen LogP contribution in [0.5, 0.6) is 5.75 Å². The molecule has 1 unspecified atom stereocenters. The van der Waals surface area contributed by atoms with Crippen LogP contribution in [-0.2, 0) is 4.74 Å². The molecule has 3 heteroatoms. The predicted octanol–water partition coefficient (Wildman–Crippen LogP) is 3.27. The van der Waals surface area contributed by atoms with E-state index >= 15 is 0 Å². The SMILES string of the molecule is CC.CCCCOC(CO)COc1ccccc1. The van der Waals surface area contributed by atoms with Gasteiger partial charge in [-0.15, -0.1) is 0 Å². The van der Waals surface area contributed by atoms with Gasteiger partial charge in [-0.2, -0.15) is 0 Å². The largest absolute Gasteiger partial charge is 0.491 e. The molecular formula is C15H26O3. The molecule has 0 aromatic heterocycles. The van der Waals surface area contributed by atoms with Crippen LogP contribution < -0.4 is 4.74 Å². The van der Waals surface area contributed by atoms with Gasteiger partial charge in [-0.1, -0.05) is 45.4 Å². The molecule has 1 N–H and O–H groups in total. The van der Waals surface area contributed by atoms with Gasteiger partial charge in [0.1, 0.15) is 18.5 Å². The molecule has 1 aromatic rings. The summed E-state index contributed by atoms with van der Waals surface area (Å²) in [6, 6.07) is 9.55. The van der Waals surface area contributed by atoms with Gasteiger partial charge in [-0.05, 0) is 18.6 Å². The fourth-order valence-corrected chi connectivity index (χ4v) is 1.25. The molecule has 0 fully saturated rings. The highest BCUT2D eigenvalue weighted by atomic mass is 16.5. The topological polar surface area (TPSA) is 38.7 Å². The molecule has 3 nitrogen and oxygen atoms in total. The minimum atomic E-state index is -0.230. The Bertz CT molecular complexity index is 262. The van der Waals surface area contributed by atoms with Crippen molar-refractivity contribution in [2.45, 2.75) is 39.7 Å². The molecule has 0 bridgehead atoms. The molecule has 1 rings (SSSR count). The van der Waals surface area contributed by atoms with Crippen LogP contribution in [0.2, 0.25) is 0 Å². The van der Waals surface area contributed by atoms with E-state index in [0.717, 1.165) is 18.6 Å². The Hall–Kier alpha value is -1.06. The first-order chi connectivity index (χ1) is 8.86. The first kappa shape index (κ1) is 16.9. The predicted molar refractivity (Wildman–Crippen MR) is 75.0 cm³/mol. The van der Waals surface area contributed by atoms with Gasteiger partial charge >= 0.3 is 0 Å². The van der Waals surface area contributed by atoms with E-state index in [1.165, 1.54) is 0 Å². The maximum atomic E-state index is 9.10. The van der Waals surface area contributed by atoms with E-state index in [-0.39, 0.29) is 12.7 Å². The highest BCUT2D eigenvalue weighted by molar-refractivity contribution is 5.20. The Morgan fingerprint density at radius 3 is 2.39 bits per heavy atom. The summed E-state index contributed by atoms with van der Waals surface area (Å²) in [5.41, 5.74) is 0. The second kappa shape index (κ2) is 12.4. The molecule has 0 aliphatic heterocycles. The summed E-state index contributed by atoms with van der Waals surface area (Å²) in [5, 5.41) is 9.10. The lowest BCUT2D eigenvalue weighted by atomic mass is 10.3. The summed E-state index contributed by atoms with van der Waals surface area (Å²) in [6.45, 7) is 7.18. The van der Waals surface area contributed by atoms with Gasteiger partial charge in [0.05, 0.1) is 6.61 Å². The second-order valence-corrected chi connectivity index (χ2v) is 3.65.